The molecule has 3 nitrogen and oxygen atoms in total. The molecule has 0 heterocycles. The molecule has 4 heteroatoms. The summed E-state index contributed by atoms with van der Waals surface area (Å²) >= 11 is 6.35. The van der Waals surface area contributed by atoms with Gasteiger partial charge in [-0.15, -0.1) is 0 Å². The van der Waals surface area contributed by atoms with E-state index in [2.05, 4.69) is 30.1 Å². The van der Waals surface area contributed by atoms with Gasteiger partial charge in [0, 0.05) is 19.6 Å². The number of hydrogen-bond donors (Lipinski definition) is 2. The number of aliphatic hydroxyl groups excluding tert-OH is 1. The first kappa shape index (κ1) is 16.3. The number of halogens is 1. The van der Waals surface area contributed by atoms with Crippen LogP contribution in [0, 0.1) is 0 Å². The van der Waals surface area contributed by atoms with Gasteiger partial charge in [-0.1, -0.05) is 24.6 Å². The quantitative estimate of drug-likeness (QED) is 0.807. The average molecular weight is 285 g/mol. The van der Waals surface area contributed by atoms with Crippen molar-refractivity contribution in [3.8, 4) is 0 Å². The van der Waals surface area contributed by atoms with E-state index in [1.165, 1.54) is 5.56 Å². The second-order valence-corrected chi connectivity index (χ2v) is 5.46. The molecule has 0 spiro atoms. The summed E-state index contributed by atoms with van der Waals surface area (Å²) in [6, 6.07) is 6.48. The zero-order valence-corrected chi connectivity index (χ0v) is 13.0. The highest BCUT2D eigenvalue weighted by molar-refractivity contribution is 6.33. The molecule has 0 aliphatic carbocycles. The van der Waals surface area contributed by atoms with E-state index in [-0.39, 0.29) is 6.10 Å². The summed E-state index contributed by atoms with van der Waals surface area (Å²) < 4.78 is 0. The van der Waals surface area contributed by atoms with Crippen LogP contribution in [0.3, 0.4) is 0 Å². The fourth-order valence-electron chi connectivity index (χ4n) is 2.03. The third-order valence-electron chi connectivity index (χ3n) is 3.28. The number of nitrogens with zero attached hydrogens (tertiary/aromatic N) is 1. The predicted octanol–water partition coefficient (Wildman–Crippen LogP) is 3.22. The van der Waals surface area contributed by atoms with E-state index in [1.807, 2.05) is 19.2 Å². The zero-order chi connectivity index (χ0) is 14.4. The van der Waals surface area contributed by atoms with Crippen molar-refractivity contribution < 1.29 is 5.11 Å². The Morgan fingerprint density at radius 3 is 2.58 bits per heavy atom. The summed E-state index contributed by atoms with van der Waals surface area (Å²) in [7, 11) is 2.00. The molecule has 1 rings (SSSR count). The van der Waals surface area contributed by atoms with Gasteiger partial charge in [0.05, 0.1) is 16.8 Å². The number of rotatable bonds is 7. The van der Waals surface area contributed by atoms with Gasteiger partial charge in [-0.25, -0.2) is 0 Å². The van der Waals surface area contributed by atoms with Crippen LogP contribution in [0.2, 0.25) is 5.02 Å². The molecule has 0 amide bonds. The molecule has 2 unspecified atom stereocenters. The Balaban J connectivity index is 2.76. The van der Waals surface area contributed by atoms with E-state index in [1.54, 1.807) is 6.92 Å². The van der Waals surface area contributed by atoms with Crippen LogP contribution >= 0.6 is 11.6 Å². The van der Waals surface area contributed by atoms with Crippen molar-refractivity contribution in [2.75, 3.05) is 25.0 Å². The summed E-state index contributed by atoms with van der Waals surface area (Å²) in [6.07, 6.45) is 0.455. The number of benzene rings is 1. The van der Waals surface area contributed by atoms with Crippen molar-refractivity contribution in [1.82, 2.24) is 5.32 Å². The number of aliphatic hydroxyl groups is 1. The summed E-state index contributed by atoms with van der Waals surface area (Å²) in [6.45, 7) is 7.76. The smallest absolute Gasteiger partial charge is 0.0642 e. The lowest BCUT2D eigenvalue weighted by atomic mass is 10.1. The van der Waals surface area contributed by atoms with Crippen LogP contribution in [0.25, 0.3) is 0 Å². The molecule has 2 N–H and O–H groups in total. The van der Waals surface area contributed by atoms with E-state index in [4.69, 9.17) is 11.6 Å². The van der Waals surface area contributed by atoms with Crippen LogP contribution in [-0.2, 0) is 0 Å². The fourth-order valence-corrected chi connectivity index (χ4v) is 2.36. The molecule has 1 aromatic carbocycles. The molecular weight excluding hydrogens is 260 g/mol. The van der Waals surface area contributed by atoms with E-state index in [0.29, 0.717) is 6.04 Å². The van der Waals surface area contributed by atoms with Crippen LogP contribution in [-0.4, -0.2) is 31.3 Å². The SMILES string of the molecule is CCNC(C)c1ccc(N(C)CCC(C)O)c(Cl)c1. The maximum absolute atomic E-state index is 9.33. The Morgan fingerprint density at radius 1 is 1.37 bits per heavy atom. The Labute approximate surface area is 121 Å². The van der Waals surface area contributed by atoms with Gasteiger partial charge in [0.1, 0.15) is 0 Å². The lowest BCUT2D eigenvalue weighted by Gasteiger charge is -2.22. The predicted molar refractivity (Wildman–Crippen MR) is 83.1 cm³/mol. The van der Waals surface area contributed by atoms with Crippen molar-refractivity contribution in [3.63, 3.8) is 0 Å². The molecule has 0 aliphatic heterocycles. The van der Waals surface area contributed by atoms with Crippen LogP contribution in [0.1, 0.15) is 38.8 Å². The van der Waals surface area contributed by atoms with E-state index < -0.39 is 0 Å². The second kappa shape index (κ2) is 7.73. The topological polar surface area (TPSA) is 35.5 Å². The summed E-state index contributed by atoms with van der Waals surface area (Å²) in [5.74, 6) is 0. The fraction of sp³-hybridized carbons (Fsp3) is 0.600. The van der Waals surface area contributed by atoms with E-state index in [9.17, 15) is 5.11 Å². The van der Waals surface area contributed by atoms with E-state index in [0.717, 1.165) is 30.2 Å². The molecule has 1 aromatic rings. The van der Waals surface area contributed by atoms with Gasteiger partial charge in [-0.3, -0.25) is 0 Å². The van der Waals surface area contributed by atoms with Crippen LogP contribution in [0.5, 0.6) is 0 Å². The first-order valence-corrected chi connectivity index (χ1v) is 7.25. The largest absolute Gasteiger partial charge is 0.393 e. The molecule has 0 aromatic heterocycles. The first-order valence-electron chi connectivity index (χ1n) is 6.87. The standard InChI is InChI=1S/C15H25ClN2O/c1-5-17-12(3)13-6-7-15(14(16)10-13)18(4)9-8-11(2)19/h6-7,10-12,17,19H,5,8-9H2,1-4H3. The van der Waals surface area contributed by atoms with Crippen molar-refractivity contribution in [3.05, 3.63) is 28.8 Å². The van der Waals surface area contributed by atoms with Gasteiger partial charge < -0.3 is 15.3 Å². The maximum atomic E-state index is 9.33. The molecule has 19 heavy (non-hydrogen) atoms. The molecule has 0 aliphatic rings. The molecule has 0 saturated heterocycles. The van der Waals surface area contributed by atoms with E-state index >= 15 is 0 Å². The number of anilines is 1. The first-order chi connectivity index (χ1) is 8.95. The Morgan fingerprint density at radius 2 is 2.05 bits per heavy atom. The van der Waals surface area contributed by atoms with Gasteiger partial charge >= 0.3 is 0 Å². The van der Waals surface area contributed by atoms with Crippen molar-refractivity contribution >= 4 is 17.3 Å². The summed E-state index contributed by atoms with van der Waals surface area (Å²) in [5, 5.41) is 13.5. The second-order valence-electron chi connectivity index (χ2n) is 5.05. The molecule has 108 valence electrons. The van der Waals surface area contributed by atoms with Gasteiger partial charge in [0.2, 0.25) is 0 Å². The summed E-state index contributed by atoms with van der Waals surface area (Å²) in [5.41, 5.74) is 2.20. The highest BCUT2D eigenvalue weighted by Gasteiger charge is 2.10. The Hall–Kier alpha value is -0.770. The monoisotopic (exact) mass is 284 g/mol. The maximum Gasteiger partial charge on any atom is 0.0642 e. The van der Waals surface area contributed by atoms with Gasteiger partial charge in [0.25, 0.3) is 0 Å². The third-order valence-corrected chi connectivity index (χ3v) is 3.58. The summed E-state index contributed by atoms with van der Waals surface area (Å²) in [4.78, 5) is 2.08. The lowest BCUT2D eigenvalue weighted by molar-refractivity contribution is 0.187. The van der Waals surface area contributed by atoms with Gasteiger partial charge in [0.15, 0.2) is 0 Å². The zero-order valence-electron chi connectivity index (χ0n) is 12.3. The molecule has 0 bridgehead atoms. The van der Waals surface area contributed by atoms with Crippen molar-refractivity contribution in [2.24, 2.45) is 0 Å². The van der Waals surface area contributed by atoms with Crippen LogP contribution in [0.4, 0.5) is 5.69 Å². The van der Waals surface area contributed by atoms with Gasteiger partial charge in [-0.05, 0) is 44.5 Å². The molecule has 0 fully saturated rings. The molecule has 0 radical (unpaired) electrons. The number of hydrogen-bond acceptors (Lipinski definition) is 3. The van der Waals surface area contributed by atoms with Crippen molar-refractivity contribution in [2.45, 2.75) is 39.3 Å². The minimum atomic E-state index is -0.283. The molecule has 2 atom stereocenters. The third kappa shape index (κ3) is 5.01. The normalized spacial score (nSPS) is 14.2. The number of nitrogens with one attached hydrogen (secondary N) is 1. The average Bonchev–Trinajstić information content (AvgIpc) is 2.36. The highest BCUT2D eigenvalue weighted by atomic mass is 35.5. The minimum Gasteiger partial charge on any atom is -0.393 e. The Kier molecular flexibility index (Phi) is 6.63. The molecule has 0 saturated carbocycles. The van der Waals surface area contributed by atoms with Crippen LogP contribution in [0.15, 0.2) is 18.2 Å². The van der Waals surface area contributed by atoms with Crippen molar-refractivity contribution in [1.29, 1.82) is 0 Å². The Bertz CT molecular complexity index is 396. The lowest BCUT2D eigenvalue weighted by Crippen LogP contribution is -2.22. The van der Waals surface area contributed by atoms with Crippen LogP contribution < -0.4 is 10.2 Å². The van der Waals surface area contributed by atoms with Gasteiger partial charge in [-0.2, -0.15) is 0 Å². The minimum absolute atomic E-state index is 0.283. The molecular formula is C15H25ClN2O. The highest BCUT2D eigenvalue weighted by Crippen LogP contribution is 2.28.